The summed E-state index contributed by atoms with van der Waals surface area (Å²) in [6.07, 6.45) is 1.61. The van der Waals surface area contributed by atoms with E-state index < -0.39 is 0 Å². The van der Waals surface area contributed by atoms with E-state index in [4.69, 9.17) is 4.42 Å². The number of hydrogen-bond acceptors (Lipinski definition) is 6. The van der Waals surface area contributed by atoms with E-state index in [-0.39, 0.29) is 17.7 Å². The number of nitrogens with zero attached hydrogens (tertiary/aromatic N) is 4. The van der Waals surface area contributed by atoms with E-state index in [0.29, 0.717) is 16.7 Å². The molecule has 31 heavy (non-hydrogen) atoms. The highest BCUT2D eigenvalue weighted by Gasteiger charge is 2.32. The van der Waals surface area contributed by atoms with Gasteiger partial charge in [0.25, 0.3) is 0 Å². The molecule has 1 aliphatic rings. The highest BCUT2D eigenvalue weighted by atomic mass is 32.2. The summed E-state index contributed by atoms with van der Waals surface area (Å²) >= 11 is 3.18. The third kappa shape index (κ3) is 3.88. The lowest BCUT2D eigenvalue weighted by atomic mass is 10.1. The number of furan rings is 1. The molecular formula is C23H20N4O2S2. The van der Waals surface area contributed by atoms with E-state index in [0.717, 1.165) is 21.9 Å². The highest BCUT2D eigenvalue weighted by Crippen LogP contribution is 2.43. The largest absolute Gasteiger partial charge is 0.461 e. The Bertz CT molecular complexity index is 1190. The molecule has 2 aromatic carbocycles. The molecule has 8 heteroatoms. The Kier molecular flexibility index (Phi) is 5.57. The van der Waals surface area contributed by atoms with Gasteiger partial charge in [-0.25, -0.2) is 0 Å². The van der Waals surface area contributed by atoms with Gasteiger partial charge in [-0.3, -0.25) is 4.79 Å². The topological polar surface area (TPSA) is 64.2 Å². The Labute approximate surface area is 188 Å². The summed E-state index contributed by atoms with van der Waals surface area (Å²) in [6.45, 7) is 0. The van der Waals surface area contributed by atoms with Crippen molar-refractivity contribution in [3.05, 3.63) is 78.6 Å². The number of carbonyl (C=O) groups is 1. The number of anilines is 1. The Balaban J connectivity index is 1.40. The van der Waals surface area contributed by atoms with Gasteiger partial charge in [-0.15, -0.1) is 22.0 Å². The van der Waals surface area contributed by atoms with E-state index in [2.05, 4.69) is 28.4 Å². The molecule has 1 amide bonds. The fraction of sp³-hybridized carbons (Fsp3) is 0.174. The molecule has 0 fully saturated rings. The van der Waals surface area contributed by atoms with E-state index in [1.165, 1.54) is 11.8 Å². The minimum Gasteiger partial charge on any atom is -0.461 e. The molecule has 1 unspecified atom stereocenters. The second-order valence-electron chi connectivity index (χ2n) is 7.10. The second-order valence-corrected chi connectivity index (χ2v) is 9.10. The van der Waals surface area contributed by atoms with Gasteiger partial charge in [-0.2, -0.15) is 0 Å². The van der Waals surface area contributed by atoms with Gasteiger partial charge in [0.05, 0.1) is 23.7 Å². The van der Waals surface area contributed by atoms with Crippen molar-refractivity contribution in [2.45, 2.75) is 16.1 Å². The highest BCUT2D eigenvalue weighted by molar-refractivity contribution is 8.00. The van der Waals surface area contributed by atoms with Crippen molar-refractivity contribution in [2.24, 2.45) is 7.05 Å². The zero-order valence-corrected chi connectivity index (χ0v) is 18.5. The standard InChI is InChI=1S/C23H20N4O2S2/c1-26-22(19-11-7-13-29-19)24-25-23(26)31-15-21(28)27-17-10-5-6-12-20(17)30-14-18(27)16-8-3-2-4-9-16/h2-13,18H,14-15H2,1H3. The van der Waals surface area contributed by atoms with Crippen LogP contribution in [0.25, 0.3) is 11.6 Å². The van der Waals surface area contributed by atoms with Crippen LogP contribution in [0.3, 0.4) is 0 Å². The molecule has 0 saturated heterocycles. The molecule has 0 spiro atoms. The van der Waals surface area contributed by atoms with Gasteiger partial charge in [-0.05, 0) is 29.8 Å². The first-order valence-electron chi connectivity index (χ1n) is 9.87. The molecule has 156 valence electrons. The predicted molar refractivity (Wildman–Crippen MR) is 123 cm³/mol. The molecule has 0 saturated carbocycles. The number of para-hydroxylation sites is 1. The van der Waals surface area contributed by atoms with Gasteiger partial charge in [0.15, 0.2) is 16.7 Å². The van der Waals surface area contributed by atoms with Crippen LogP contribution >= 0.6 is 23.5 Å². The van der Waals surface area contributed by atoms with E-state index in [1.807, 2.05) is 65.0 Å². The summed E-state index contributed by atoms with van der Waals surface area (Å²) in [6, 6.07) is 22.0. The first kappa shape index (κ1) is 20.0. The van der Waals surface area contributed by atoms with Crippen molar-refractivity contribution >= 4 is 35.1 Å². The molecular weight excluding hydrogens is 428 g/mol. The second kappa shape index (κ2) is 8.64. The van der Waals surface area contributed by atoms with Crippen LogP contribution in [0.4, 0.5) is 5.69 Å². The fourth-order valence-corrected chi connectivity index (χ4v) is 5.61. The number of fused-ring (bicyclic) bond motifs is 1. The zero-order chi connectivity index (χ0) is 21.2. The normalized spacial score (nSPS) is 15.6. The molecule has 3 heterocycles. The molecule has 1 aliphatic heterocycles. The quantitative estimate of drug-likeness (QED) is 0.398. The van der Waals surface area contributed by atoms with Gasteiger partial charge in [0.2, 0.25) is 5.91 Å². The Morgan fingerprint density at radius 1 is 1.10 bits per heavy atom. The maximum atomic E-state index is 13.5. The Morgan fingerprint density at radius 3 is 2.71 bits per heavy atom. The van der Waals surface area contributed by atoms with Crippen LogP contribution < -0.4 is 4.90 Å². The van der Waals surface area contributed by atoms with Crippen molar-refractivity contribution < 1.29 is 9.21 Å². The number of carbonyl (C=O) groups excluding carboxylic acids is 1. The summed E-state index contributed by atoms with van der Waals surface area (Å²) in [5.41, 5.74) is 2.11. The lowest BCUT2D eigenvalue weighted by Crippen LogP contribution is -2.39. The number of benzene rings is 2. The molecule has 0 bridgehead atoms. The number of thioether (sulfide) groups is 2. The van der Waals surface area contributed by atoms with Crippen molar-refractivity contribution in [3.63, 3.8) is 0 Å². The molecule has 5 rings (SSSR count). The summed E-state index contributed by atoms with van der Waals surface area (Å²) in [5.74, 6) is 2.44. The van der Waals surface area contributed by atoms with E-state index in [9.17, 15) is 4.79 Å². The number of hydrogen-bond donors (Lipinski definition) is 0. The van der Waals surface area contributed by atoms with Gasteiger partial charge < -0.3 is 13.9 Å². The SMILES string of the molecule is Cn1c(SCC(=O)N2c3ccccc3SCC2c2ccccc2)nnc1-c1ccco1. The van der Waals surface area contributed by atoms with E-state index >= 15 is 0 Å². The minimum absolute atomic E-state index is 0.00706. The van der Waals surface area contributed by atoms with Gasteiger partial charge in [0.1, 0.15) is 0 Å². The van der Waals surface area contributed by atoms with E-state index in [1.54, 1.807) is 18.0 Å². The summed E-state index contributed by atoms with van der Waals surface area (Å²) in [5, 5.41) is 9.15. The van der Waals surface area contributed by atoms with Crippen molar-refractivity contribution in [3.8, 4) is 11.6 Å². The van der Waals surface area contributed by atoms with Crippen LogP contribution in [-0.2, 0) is 11.8 Å². The maximum absolute atomic E-state index is 13.5. The molecule has 4 aromatic rings. The fourth-order valence-electron chi connectivity index (χ4n) is 3.67. The number of amides is 1. The van der Waals surface area contributed by atoms with Gasteiger partial charge in [0, 0.05) is 17.7 Å². The third-order valence-corrected chi connectivity index (χ3v) is 7.33. The molecule has 0 N–H and O–H groups in total. The zero-order valence-electron chi connectivity index (χ0n) is 16.8. The maximum Gasteiger partial charge on any atom is 0.238 e. The van der Waals surface area contributed by atoms with Crippen molar-refractivity contribution in [1.82, 2.24) is 14.8 Å². The summed E-state index contributed by atoms with van der Waals surface area (Å²) in [4.78, 5) is 16.6. The van der Waals surface area contributed by atoms with Crippen LogP contribution in [0.15, 0.2) is 87.5 Å². The predicted octanol–water partition coefficient (Wildman–Crippen LogP) is 5.05. The van der Waals surface area contributed by atoms with Gasteiger partial charge >= 0.3 is 0 Å². The smallest absolute Gasteiger partial charge is 0.238 e. The van der Waals surface area contributed by atoms with Crippen LogP contribution in [0.2, 0.25) is 0 Å². The first-order valence-corrected chi connectivity index (χ1v) is 11.8. The average Bonchev–Trinajstić information content (AvgIpc) is 3.47. The summed E-state index contributed by atoms with van der Waals surface area (Å²) in [7, 11) is 1.88. The van der Waals surface area contributed by atoms with Crippen LogP contribution in [0, 0.1) is 0 Å². The number of rotatable bonds is 5. The Hall–Kier alpha value is -2.97. The Morgan fingerprint density at radius 2 is 1.90 bits per heavy atom. The lowest BCUT2D eigenvalue weighted by molar-refractivity contribution is -0.116. The van der Waals surface area contributed by atoms with Crippen LogP contribution in [0.5, 0.6) is 0 Å². The third-order valence-electron chi connectivity index (χ3n) is 5.19. The van der Waals surface area contributed by atoms with Crippen LogP contribution in [0.1, 0.15) is 11.6 Å². The van der Waals surface area contributed by atoms with Crippen LogP contribution in [-0.4, -0.2) is 32.2 Å². The molecule has 1 atom stereocenters. The lowest BCUT2D eigenvalue weighted by Gasteiger charge is -2.37. The van der Waals surface area contributed by atoms with Crippen molar-refractivity contribution in [2.75, 3.05) is 16.4 Å². The molecule has 6 nitrogen and oxygen atoms in total. The van der Waals surface area contributed by atoms with Gasteiger partial charge in [-0.1, -0.05) is 54.2 Å². The average molecular weight is 449 g/mol. The first-order chi connectivity index (χ1) is 15.2. The summed E-state index contributed by atoms with van der Waals surface area (Å²) < 4.78 is 7.28. The molecule has 0 radical (unpaired) electrons. The number of aromatic nitrogens is 3. The monoisotopic (exact) mass is 448 g/mol. The minimum atomic E-state index is -0.00706. The molecule has 0 aliphatic carbocycles. The van der Waals surface area contributed by atoms with Crippen molar-refractivity contribution in [1.29, 1.82) is 0 Å². The molecule has 2 aromatic heterocycles.